The van der Waals surface area contributed by atoms with Gasteiger partial charge in [0.2, 0.25) is 0 Å². The monoisotopic (exact) mass is 357 g/mol. The van der Waals surface area contributed by atoms with Crippen LogP contribution in [0.15, 0.2) is 42.5 Å². The van der Waals surface area contributed by atoms with Crippen LogP contribution in [0.1, 0.15) is 18.5 Å². The fourth-order valence-electron chi connectivity index (χ4n) is 1.69. The zero-order valence-corrected chi connectivity index (χ0v) is 12.0. The van der Waals surface area contributed by atoms with E-state index in [9.17, 15) is 4.39 Å². The molecular formula is C14H13FINO. The van der Waals surface area contributed by atoms with E-state index in [1.807, 2.05) is 24.3 Å². The Morgan fingerprint density at radius 1 is 1.11 bits per heavy atom. The van der Waals surface area contributed by atoms with Gasteiger partial charge in [-0.2, -0.15) is 0 Å². The first-order chi connectivity index (χ1) is 8.59. The molecule has 0 aliphatic rings. The normalized spacial score (nSPS) is 12.2. The van der Waals surface area contributed by atoms with Gasteiger partial charge in [0.1, 0.15) is 17.3 Å². The second kappa shape index (κ2) is 5.67. The lowest BCUT2D eigenvalue weighted by atomic mass is 10.1. The third-order valence-electron chi connectivity index (χ3n) is 2.52. The molecule has 0 bridgehead atoms. The number of halogens is 2. The van der Waals surface area contributed by atoms with Crippen LogP contribution >= 0.6 is 22.6 Å². The summed E-state index contributed by atoms with van der Waals surface area (Å²) in [6.07, 6.45) is 0. The van der Waals surface area contributed by atoms with Gasteiger partial charge in [-0.15, -0.1) is 0 Å². The fraction of sp³-hybridized carbons (Fsp3) is 0.143. The Hall–Kier alpha value is -1.14. The van der Waals surface area contributed by atoms with Gasteiger partial charge in [0.15, 0.2) is 0 Å². The van der Waals surface area contributed by atoms with Crippen molar-refractivity contribution in [2.45, 2.75) is 13.0 Å². The zero-order chi connectivity index (χ0) is 13.1. The number of ether oxygens (including phenoxy) is 1. The number of nitrogens with two attached hydrogens (primary N) is 1. The van der Waals surface area contributed by atoms with Crippen LogP contribution in [-0.2, 0) is 0 Å². The first-order valence-corrected chi connectivity index (χ1v) is 6.64. The summed E-state index contributed by atoms with van der Waals surface area (Å²) in [6, 6.07) is 11.9. The van der Waals surface area contributed by atoms with E-state index in [0.29, 0.717) is 17.1 Å². The molecule has 0 unspecified atom stereocenters. The van der Waals surface area contributed by atoms with E-state index >= 15 is 0 Å². The van der Waals surface area contributed by atoms with Crippen LogP contribution in [0.5, 0.6) is 11.5 Å². The van der Waals surface area contributed by atoms with Gasteiger partial charge in [0, 0.05) is 11.6 Å². The number of rotatable bonds is 3. The van der Waals surface area contributed by atoms with Gasteiger partial charge in [0.25, 0.3) is 0 Å². The van der Waals surface area contributed by atoms with Crippen LogP contribution in [0.4, 0.5) is 4.39 Å². The number of hydrogen-bond acceptors (Lipinski definition) is 2. The van der Waals surface area contributed by atoms with Crippen molar-refractivity contribution in [2.75, 3.05) is 0 Å². The summed E-state index contributed by atoms with van der Waals surface area (Å²) < 4.78 is 20.5. The van der Waals surface area contributed by atoms with Gasteiger partial charge in [-0.1, -0.05) is 18.2 Å². The standard InChI is InChI=1S/C14H13FINO/c1-9(17)14-10(15)5-4-8-13(14)18-12-7-3-2-6-11(12)16/h2-9H,17H2,1H3/t9-/m0/s1. The molecule has 0 fully saturated rings. The van der Waals surface area contributed by atoms with Crippen LogP contribution in [-0.4, -0.2) is 0 Å². The summed E-state index contributed by atoms with van der Waals surface area (Å²) in [5, 5.41) is 0. The summed E-state index contributed by atoms with van der Waals surface area (Å²) in [4.78, 5) is 0. The molecular weight excluding hydrogens is 344 g/mol. The molecule has 2 nitrogen and oxygen atoms in total. The van der Waals surface area contributed by atoms with Gasteiger partial charge in [-0.3, -0.25) is 0 Å². The fourth-order valence-corrected chi connectivity index (χ4v) is 2.19. The summed E-state index contributed by atoms with van der Waals surface area (Å²) in [7, 11) is 0. The summed E-state index contributed by atoms with van der Waals surface area (Å²) in [6.45, 7) is 1.74. The average molecular weight is 357 g/mol. The van der Waals surface area contributed by atoms with Crippen LogP contribution in [0.2, 0.25) is 0 Å². The van der Waals surface area contributed by atoms with E-state index < -0.39 is 6.04 Å². The smallest absolute Gasteiger partial charge is 0.140 e. The summed E-state index contributed by atoms with van der Waals surface area (Å²) >= 11 is 2.17. The van der Waals surface area contributed by atoms with Crippen molar-refractivity contribution < 1.29 is 9.13 Å². The topological polar surface area (TPSA) is 35.2 Å². The molecule has 0 radical (unpaired) electrons. The highest BCUT2D eigenvalue weighted by molar-refractivity contribution is 14.1. The Kier molecular flexibility index (Phi) is 4.19. The van der Waals surface area contributed by atoms with Crippen LogP contribution < -0.4 is 10.5 Å². The predicted octanol–water partition coefficient (Wildman–Crippen LogP) is 4.24. The zero-order valence-electron chi connectivity index (χ0n) is 9.86. The highest BCUT2D eigenvalue weighted by atomic mass is 127. The molecule has 0 saturated heterocycles. The second-order valence-electron chi connectivity index (χ2n) is 3.97. The van der Waals surface area contributed by atoms with Gasteiger partial charge < -0.3 is 10.5 Å². The maximum absolute atomic E-state index is 13.7. The quantitative estimate of drug-likeness (QED) is 0.834. The molecule has 0 aliphatic heterocycles. The maximum atomic E-state index is 13.7. The number of para-hydroxylation sites is 1. The largest absolute Gasteiger partial charge is 0.456 e. The van der Waals surface area contributed by atoms with Crippen molar-refractivity contribution in [1.82, 2.24) is 0 Å². The lowest BCUT2D eigenvalue weighted by Crippen LogP contribution is -2.09. The van der Waals surface area contributed by atoms with Crippen molar-refractivity contribution in [3.63, 3.8) is 0 Å². The molecule has 94 valence electrons. The van der Waals surface area contributed by atoms with E-state index in [0.717, 1.165) is 3.57 Å². The minimum absolute atomic E-state index is 0.339. The van der Waals surface area contributed by atoms with Crippen LogP contribution in [0, 0.1) is 9.39 Å². The Labute approximate surface area is 119 Å². The van der Waals surface area contributed by atoms with Crippen molar-refractivity contribution in [1.29, 1.82) is 0 Å². The Morgan fingerprint density at radius 3 is 2.44 bits per heavy atom. The van der Waals surface area contributed by atoms with Gasteiger partial charge in [-0.25, -0.2) is 4.39 Å². The summed E-state index contributed by atoms with van der Waals surface area (Å²) in [5.41, 5.74) is 6.19. The van der Waals surface area contributed by atoms with Crippen molar-refractivity contribution in [2.24, 2.45) is 5.73 Å². The van der Waals surface area contributed by atoms with Crippen molar-refractivity contribution in [3.05, 3.63) is 57.4 Å². The lowest BCUT2D eigenvalue weighted by Gasteiger charge is -2.15. The second-order valence-corrected chi connectivity index (χ2v) is 5.13. The van der Waals surface area contributed by atoms with Gasteiger partial charge in [0.05, 0.1) is 3.57 Å². The van der Waals surface area contributed by atoms with E-state index in [2.05, 4.69) is 22.6 Å². The Balaban J connectivity index is 2.41. The third kappa shape index (κ3) is 2.81. The highest BCUT2D eigenvalue weighted by Gasteiger charge is 2.14. The molecule has 0 aromatic heterocycles. The molecule has 1 atom stereocenters. The Bertz CT molecular complexity index is 557. The van der Waals surface area contributed by atoms with Crippen LogP contribution in [0.3, 0.4) is 0 Å². The number of benzene rings is 2. The van der Waals surface area contributed by atoms with Gasteiger partial charge >= 0.3 is 0 Å². The first-order valence-electron chi connectivity index (χ1n) is 5.56. The van der Waals surface area contributed by atoms with Crippen molar-refractivity contribution in [3.8, 4) is 11.5 Å². The molecule has 0 aliphatic carbocycles. The van der Waals surface area contributed by atoms with E-state index in [-0.39, 0.29) is 5.82 Å². The molecule has 0 spiro atoms. The predicted molar refractivity (Wildman–Crippen MR) is 78.2 cm³/mol. The van der Waals surface area contributed by atoms with Crippen LogP contribution in [0.25, 0.3) is 0 Å². The molecule has 0 saturated carbocycles. The number of hydrogen-bond donors (Lipinski definition) is 1. The Morgan fingerprint density at radius 2 is 1.78 bits per heavy atom. The van der Waals surface area contributed by atoms with Gasteiger partial charge in [-0.05, 0) is 53.8 Å². The lowest BCUT2D eigenvalue weighted by molar-refractivity contribution is 0.458. The molecule has 2 aromatic carbocycles. The average Bonchev–Trinajstić information content (AvgIpc) is 2.31. The molecule has 2 N–H and O–H groups in total. The van der Waals surface area contributed by atoms with E-state index in [4.69, 9.17) is 10.5 Å². The third-order valence-corrected chi connectivity index (χ3v) is 3.42. The van der Waals surface area contributed by atoms with Crippen molar-refractivity contribution >= 4 is 22.6 Å². The molecule has 0 heterocycles. The molecule has 2 aromatic rings. The van der Waals surface area contributed by atoms with E-state index in [1.54, 1.807) is 19.1 Å². The highest BCUT2D eigenvalue weighted by Crippen LogP contribution is 2.32. The molecule has 18 heavy (non-hydrogen) atoms. The molecule has 0 amide bonds. The first kappa shape index (κ1) is 13.3. The molecule has 2 rings (SSSR count). The molecule has 4 heteroatoms. The minimum Gasteiger partial charge on any atom is -0.456 e. The minimum atomic E-state index is -0.414. The summed E-state index contributed by atoms with van der Waals surface area (Å²) in [5.74, 6) is 0.827. The maximum Gasteiger partial charge on any atom is 0.140 e. The SMILES string of the molecule is C[C@H](N)c1c(F)cccc1Oc1ccccc1I. The van der Waals surface area contributed by atoms with E-state index in [1.165, 1.54) is 6.07 Å².